The van der Waals surface area contributed by atoms with Crippen LogP contribution in [0.5, 0.6) is 0 Å². The molecule has 202 valence electrons. The molecule has 5 unspecified atom stereocenters. The first-order valence-corrected chi connectivity index (χ1v) is 11.9. The SMILES string of the molecule is CCC(C)C(N)C(=O)NC(CC(C)C)C(=O)NC(CCC(=O)O)C(=O)NC(Cc1cnc[nH]1)C(=O)O. The first-order chi connectivity index (χ1) is 16.8. The molecule has 0 aliphatic heterocycles. The number of hydrogen-bond acceptors (Lipinski definition) is 7. The number of carbonyl (C=O) groups excluding carboxylic acids is 3. The van der Waals surface area contributed by atoms with E-state index in [2.05, 4.69) is 25.9 Å². The summed E-state index contributed by atoms with van der Waals surface area (Å²) >= 11 is 0. The molecule has 1 heterocycles. The number of imidazole rings is 1. The molecule has 0 saturated heterocycles. The van der Waals surface area contributed by atoms with Gasteiger partial charge in [-0.1, -0.05) is 34.1 Å². The maximum absolute atomic E-state index is 13.1. The molecule has 0 aliphatic rings. The molecule has 1 rings (SSSR count). The van der Waals surface area contributed by atoms with Crippen molar-refractivity contribution in [1.82, 2.24) is 25.9 Å². The van der Waals surface area contributed by atoms with E-state index < -0.39 is 60.2 Å². The highest BCUT2D eigenvalue weighted by molar-refractivity contribution is 5.94. The number of H-pyrrole nitrogens is 1. The van der Waals surface area contributed by atoms with Crippen LogP contribution in [0, 0.1) is 11.8 Å². The van der Waals surface area contributed by atoms with Gasteiger partial charge in [-0.2, -0.15) is 0 Å². The zero-order valence-corrected chi connectivity index (χ0v) is 21.1. The van der Waals surface area contributed by atoms with Gasteiger partial charge < -0.3 is 36.9 Å². The third kappa shape index (κ3) is 10.4. The zero-order valence-electron chi connectivity index (χ0n) is 21.1. The van der Waals surface area contributed by atoms with Gasteiger partial charge in [-0.15, -0.1) is 0 Å². The highest BCUT2D eigenvalue weighted by atomic mass is 16.4. The highest BCUT2D eigenvalue weighted by Crippen LogP contribution is 2.10. The van der Waals surface area contributed by atoms with E-state index in [1.807, 2.05) is 27.7 Å². The minimum atomic E-state index is -1.35. The van der Waals surface area contributed by atoms with Gasteiger partial charge >= 0.3 is 11.9 Å². The number of aromatic nitrogens is 2. The summed E-state index contributed by atoms with van der Waals surface area (Å²) in [5, 5.41) is 26.1. The number of carbonyl (C=O) groups is 5. The first-order valence-electron chi connectivity index (χ1n) is 11.9. The smallest absolute Gasteiger partial charge is 0.326 e. The number of nitrogens with one attached hydrogen (secondary N) is 4. The Morgan fingerprint density at radius 3 is 2.06 bits per heavy atom. The van der Waals surface area contributed by atoms with Gasteiger partial charge in [-0.05, 0) is 24.7 Å². The van der Waals surface area contributed by atoms with Gasteiger partial charge in [0.25, 0.3) is 0 Å². The molecule has 0 saturated carbocycles. The van der Waals surface area contributed by atoms with Crippen LogP contribution in [0.25, 0.3) is 0 Å². The molecule has 36 heavy (non-hydrogen) atoms. The lowest BCUT2D eigenvalue weighted by molar-refractivity contribution is -0.143. The number of aliphatic carboxylic acids is 2. The number of rotatable bonds is 16. The fourth-order valence-corrected chi connectivity index (χ4v) is 3.38. The summed E-state index contributed by atoms with van der Waals surface area (Å²) in [7, 11) is 0. The quantitative estimate of drug-likeness (QED) is 0.156. The molecule has 0 fully saturated rings. The second-order valence-electron chi connectivity index (χ2n) is 9.28. The molecule has 0 aliphatic carbocycles. The number of carboxylic acids is 2. The Hall–Kier alpha value is -3.48. The Kier molecular flexibility index (Phi) is 12.6. The van der Waals surface area contributed by atoms with Crippen molar-refractivity contribution in [3.05, 3.63) is 18.2 Å². The molecule has 0 aromatic carbocycles. The van der Waals surface area contributed by atoms with Gasteiger partial charge in [0.15, 0.2) is 0 Å². The van der Waals surface area contributed by atoms with Crippen LogP contribution in [0.3, 0.4) is 0 Å². The highest BCUT2D eigenvalue weighted by Gasteiger charge is 2.31. The van der Waals surface area contributed by atoms with Crippen molar-refractivity contribution in [2.45, 2.75) is 84.0 Å². The molecule has 1 aromatic heterocycles. The predicted octanol–water partition coefficient (Wildman–Crippen LogP) is -0.224. The summed E-state index contributed by atoms with van der Waals surface area (Å²) in [4.78, 5) is 68.0. The maximum Gasteiger partial charge on any atom is 0.326 e. The van der Waals surface area contributed by atoms with Gasteiger partial charge in [0.05, 0.1) is 12.4 Å². The van der Waals surface area contributed by atoms with E-state index in [0.29, 0.717) is 12.1 Å². The molecule has 5 atom stereocenters. The van der Waals surface area contributed by atoms with Crippen LogP contribution in [-0.2, 0) is 30.4 Å². The van der Waals surface area contributed by atoms with Crippen molar-refractivity contribution in [2.75, 3.05) is 0 Å². The summed E-state index contributed by atoms with van der Waals surface area (Å²) < 4.78 is 0. The lowest BCUT2D eigenvalue weighted by Crippen LogP contribution is -2.58. The van der Waals surface area contributed by atoms with Crippen molar-refractivity contribution in [2.24, 2.45) is 17.6 Å². The van der Waals surface area contributed by atoms with Gasteiger partial charge in [-0.3, -0.25) is 19.2 Å². The third-order valence-corrected chi connectivity index (χ3v) is 5.77. The molecule has 13 heteroatoms. The van der Waals surface area contributed by atoms with Crippen LogP contribution in [-0.4, -0.2) is 74.0 Å². The van der Waals surface area contributed by atoms with Crippen molar-refractivity contribution >= 4 is 29.7 Å². The van der Waals surface area contributed by atoms with Crippen LogP contribution in [0.15, 0.2) is 12.5 Å². The van der Waals surface area contributed by atoms with E-state index in [1.165, 1.54) is 12.5 Å². The van der Waals surface area contributed by atoms with Crippen molar-refractivity contribution in [1.29, 1.82) is 0 Å². The summed E-state index contributed by atoms with van der Waals surface area (Å²) in [6.07, 6.45) is 2.86. The van der Waals surface area contributed by atoms with Gasteiger partial charge in [0.1, 0.15) is 18.1 Å². The topological polar surface area (TPSA) is 217 Å². The number of hydrogen-bond donors (Lipinski definition) is 7. The summed E-state index contributed by atoms with van der Waals surface area (Å²) in [6.45, 7) is 7.40. The average molecular weight is 511 g/mol. The lowest BCUT2D eigenvalue weighted by atomic mass is 9.97. The van der Waals surface area contributed by atoms with Gasteiger partial charge in [0.2, 0.25) is 17.7 Å². The van der Waals surface area contributed by atoms with E-state index in [-0.39, 0.29) is 31.1 Å². The summed E-state index contributed by atoms with van der Waals surface area (Å²) in [5.74, 6) is -4.70. The average Bonchev–Trinajstić information content (AvgIpc) is 3.32. The van der Waals surface area contributed by atoms with Crippen molar-refractivity contribution in [3.8, 4) is 0 Å². The van der Waals surface area contributed by atoms with Crippen molar-refractivity contribution in [3.63, 3.8) is 0 Å². The molecule has 13 nitrogen and oxygen atoms in total. The first kappa shape index (κ1) is 30.6. The summed E-state index contributed by atoms with van der Waals surface area (Å²) in [6, 6.07) is -4.54. The molecular weight excluding hydrogens is 472 g/mol. The third-order valence-electron chi connectivity index (χ3n) is 5.77. The zero-order chi connectivity index (χ0) is 27.4. The van der Waals surface area contributed by atoms with E-state index in [4.69, 9.17) is 10.8 Å². The van der Waals surface area contributed by atoms with E-state index in [0.717, 1.165) is 0 Å². The molecule has 0 radical (unpaired) electrons. The Morgan fingerprint density at radius 1 is 0.972 bits per heavy atom. The van der Waals surface area contributed by atoms with Crippen LogP contribution in [0.1, 0.15) is 59.1 Å². The van der Waals surface area contributed by atoms with E-state index in [9.17, 15) is 29.1 Å². The maximum atomic E-state index is 13.1. The van der Waals surface area contributed by atoms with E-state index >= 15 is 0 Å². The largest absolute Gasteiger partial charge is 0.481 e. The Balaban J connectivity index is 3.03. The second-order valence-corrected chi connectivity index (χ2v) is 9.28. The predicted molar refractivity (Wildman–Crippen MR) is 129 cm³/mol. The summed E-state index contributed by atoms with van der Waals surface area (Å²) in [5.41, 5.74) is 6.45. The minimum absolute atomic E-state index is 0.00188. The van der Waals surface area contributed by atoms with E-state index in [1.54, 1.807) is 0 Å². The molecular formula is C23H38N6O7. The number of carboxylic acid groups (broad SMARTS) is 2. The van der Waals surface area contributed by atoms with Crippen LogP contribution >= 0.6 is 0 Å². The number of nitrogens with two attached hydrogens (primary N) is 1. The molecule has 8 N–H and O–H groups in total. The minimum Gasteiger partial charge on any atom is -0.481 e. The lowest BCUT2D eigenvalue weighted by Gasteiger charge is -2.26. The fraction of sp³-hybridized carbons (Fsp3) is 0.652. The molecule has 3 amide bonds. The van der Waals surface area contributed by atoms with Gasteiger partial charge in [-0.25, -0.2) is 9.78 Å². The number of nitrogens with zero attached hydrogens (tertiary/aromatic N) is 1. The number of amides is 3. The Bertz CT molecular complexity index is 890. The molecule has 1 aromatic rings. The Morgan fingerprint density at radius 2 is 1.56 bits per heavy atom. The van der Waals surface area contributed by atoms with Crippen LogP contribution in [0.4, 0.5) is 0 Å². The monoisotopic (exact) mass is 510 g/mol. The number of aromatic amines is 1. The normalized spacial score (nSPS) is 15.3. The van der Waals surface area contributed by atoms with Crippen LogP contribution in [0.2, 0.25) is 0 Å². The van der Waals surface area contributed by atoms with Gasteiger partial charge in [0, 0.05) is 24.7 Å². The standard InChI is InChI=1S/C23H38N6O7/c1-5-13(4)19(24)22(34)28-16(8-12(2)3)21(33)27-15(6-7-18(30)31)20(32)29-17(23(35)36)9-14-10-25-11-26-14/h10-13,15-17,19H,5-9,24H2,1-4H3,(H,25,26)(H,27,33)(H,28,34)(H,29,32)(H,30,31)(H,35,36). The molecule has 0 bridgehead atoms. The fourth-order valence-electron chi connectivity index (χ4n) is 3.38. The molecule has 0 spiro atoms. The Labute approximate surface area is 210 Å². The second kappa shape index (κ2) is 14.8. The van der Waals surface area contributed by atoms with Crippen molar-refractivity contribution < 1.29 is 34.2 Å². The van der Waals surface area contributed by atoms with Crippen LogP contribution < -0.4 is 21.7 Å².